The van der Waals surface area contributed by atoms with Gasteiger partial charge in [-0.05, 0) is 42.8 Å². The molecule has 1 heterocycles. The van der Waals surface area contributed by atoms with Crippen LogP contribution in [0.5, 0.6) is 5.75 Å². The molecule has 0 spiro atoms. The number of hydrogen-bond acceptors (Lipinski definition) is 3. The van der Waals surface area contributed by atoms with E-state index in [2.05, 4.69) is 10.4 Å². The molecule has 0 bridgehead atoms. The van der Waals surface area contributed by atoms with Crippen LogP contribution >= 0.6 is 23.2 Å². The highest BCUT2D eigenvalue weighted by atomic mass is 35.5. The number of halogens is 2. The Balaban J connectivity index is 1.75. The minimum Gasteiger partial charge on any atom is -0.497 e. The number of aryl methyl sites for hydroxylation is 1. The molecule has 5 nitrogen and oxygen atoms in total. The van der Waals surface area contributed by atoms with Gasteiger partial charge in [-0.1, -0.05) is 35.3 Å². The zero-order valence-electron chi connectivity index (χ0n) is 14.3. The summed E-state index contributed by atoms with van der Waals surface area (Å²) in [6.45, 7) is 2.45. The van der Waals surface area contributed by atoms with Gasteiger partial charge in [-0.2, -0.15) is 5.10 Å². The van der Waals surface area contributed by atoms with E-state index in [0.717, 1.165) is 11.3 Å². The summed E-state index contributed by atoms with van der Waals surface area (Å²) in [5.41, 5.74) is 2.38. The zero-order valence-corrected chi connectivity index (χ0v) is 15.8. The topological polar surface area (TPSA) is 56.1 Å². The van der Waals surface area contributed by atoms with Crippen LogP contribution in [0, 0.1) is 6.92 Å². The average molecular weight is 390 g/mol. The summed E-state index contributed by atoms with van der Waals surface area (Å²) in [6, 6.07) is 14.2. The molecule has 0 aliphatic heterocycles. The third-order valence-electron chi connectivity index (χ3n) is 3.87. The number of amides is 1. The molecule has 0 fully saturated rings. The number of nitrogens with one attached hydrogen (secondary N) is 1. The van der Waals surface area contributed by atoms with E-state index in [9.17, 15) is 4.79 Å². The van der Waals surface area contributed by atoms with Crippen molar-refractivity contribution in [2.75, 3.05) is 12.4 Å². The van der Waals surface area contributed by atoms with Gasteiger partial charge in [0.05, 0.1) is 23.7 Å². The molecule has 0 aliphatic rings. The molecule has 1 N–H and O–H groups in total. The van der Waals surface area contributed by atoms with Gasteiger partial charge < -0.3 is 10.1 Å². The van der Waals surface area contributed by atoms with Gasteiger partial charge in [0, 0.05) is 17.3 Å². The van der Waals surface area contributed by atoms with Gasteiger partial charge in [0.1, 0.15) is 5.75 Å². The smallest absolute Gasteiger partial charge is 0.256 e. The Kier molecular flexibility index (Phi) is 5.49. The minimum atomic E-state index is -0.247. The summed E-state index contributed by atoms with van der Waals surface area (Å²) in [7, 11) is 1.56. The van der Waals surface area contributed by atoms with E-state index in [4.69, 9.17) is 27.9 Å². The Morgan fingerprint density at radius 3 is 2.69 bits per heavy atom. The van der Waals surface area contributed by atoms with Crippen LogP contribution in [-0.2, 0) is 6.54 Å². The fraction of sp³-hybridized carbons (Fsp3) is 0.158. The van der Waals surface area contributed by atoms with Gasteiger partial charge >= 0.3 is 0 Å². The first-order valence-electron chi connectivity index (χ1n) is 7.90. The Morgan fingerprint density at radius 2 is 1.96 bits per heavy atom. The molecule has 7 heteroatoms. The second kappa shape index (κ2) is 7.81. The molecule has 0 radical (unpaired) electrons. The molecule has 2 aromatic carbocycles. The maximum Gasteiger partial charge on any atom is 0.256 e. The lowest BCUT2D eigenvalue weighted by Crippen LogP contribution is -2.13. The summed E-state index contributed by atoms with van der Waals surface area (Å²) in [5.74, 6) is 0.859. The quantitative estimate of drug-likeness (QED) is 0.681. The molecule has 26 heavy (non-hydrogen) atoms. The first-order valence-corrected chi connectivity index (χ1v) is 8.65. The molecule has 0 atom stereocenters. The zero-order chi connectivity index (χ0) is 18.7. The van der Waals surface area contributed by atoms with E-state index < -0.39 is 0 Å². The van der Waals surface area contributed by atoms with Crippen LogP contribution in [-0.4, -0.2) is 22.8 Å². The predicted molar refractivity (Wildman–Crippen MR) is 103 cm³/mol. The number of benzene rings is 2. The highest BCUT2D eigenvalue weighted by molar-refractivity contribution is 6.42. The fourth-order valence-corrected chi connectivity index (χ4v) is 2.82. The van der Waals surface area contributed by atoms with Crippen molar-refractivity contribution < 1.29 is 9.53 Å². The first-order chi connectivity index (χ1) is 12.5. The van der Waals surface area contributed by atoms with Crippen molar-refractivity contribution in [2.24, 2.45) is 0 Å². The molecule has 3 rings (SSSR count). The number of aromatic nitrogens is 2. The van der Waals surface area contributed by atoms with Gasteiger partial charge in [0.25, 0.3) is 5.91 Å². The molecule has 1 aromatic heterocycles. The number of anilines is 1. The summed E-state index contributed by atoms with van der Waals surface area (Å²) in [6.07, 6.45) is 0. The van der Waals surface area contributed by atoms with Crippen molar-refractivity contribution in [2.45, 2.75) is 13.5 Å². The summed E-state index contributed by atoms with van der Waals surface area (Å²) >= 11 is 12.0. The van der Waals surface area contributed by atoms with Crippen molar-refractivity contribution in [1.29, 1.82) is 0 Å². The van der Waals surface area contributed by atoms with Gasteiger partial charge in [0.2, 0.25) is 0 Å². The van der Waals surface area contributed by atoms with Crippen LogP contribution in [0.3, 0.4) is 0 Å². The van der Waals surface area contributed by atoms with Crippen LogP contribution in [0.2, 0.25) is 10.0 Å². The standard InChI is InChI=1S/C19H17Cl2N3O2/c1-12-8-18(22-19(25)14-4-3-5-15(10-14)26-2)23-24(12)11-13-6-7-16(20)17(21)9-13/h3-10H,11H2,1-2H3,(H,22,23,25). The minimum absolute atomic E-state index is 0.247. The largest absolute Gasteiger partial charge is 0.497 e. The summed E-state index contributed by atoms with van der Waals surface area (Å²) in [5, 5.41) is 8.26. The number of methoxy groups -OCH3 is 1. The Bertz CT molecular complexity index is 954. The van der Waals surface area contributed by atoms with Gasteiger partial charge in [-0.15, -0.1) is 0 Å². The second-order valence-electron chi connectivity index (χ2n) is 5.76. The second-order valence-corrected chi connectivity index (χ2v) is 6.58. The van der Waals surface area contributed by atoms with Crippen LogP contribution in [0.4, 0.5) is 5.82 Å². The van der Waals surface area contributed by atoms with Crippen LogP contribution in [0.1, 0.15) is 21.6 Å². The number of carbonyl (C=O) groups excluding carboxylic acids is 1. The van der Waals surface area contributed by atoms with Crippen molar-refractivity contribution in [1.82, 2.24) is 9.78 Å². The number of rotatable bonds is 5. The molecule has 0 saturated carbocycles. The Hall–Kier alpha value is -2.50. The first kappa shape index (κ1) is 18.3. The maximum absolute atomic E-state index is 12.4. The van der Waals surface area contributed by atoms with Crippen LogP contribution < -0.4 is 10.1 Å². The highest BCUT2D eigenvalue weighted by Gasteiger charge is 2.11. The van der Waals surface area contributed by atoms with E-state index >= 15 is 0 Å². The molecule has 0 saturated heterocycles. The normalized spacial score (nSPS) is 10.6. The lowest BCUT2D eigenvalue weighted by Gasteiger charge is -2.06. The molecule has 134 valence electrons. The van der Waals surface area contributed by atoms with Crippen LogP contribution in [0.25, 0.3) is 0 Å². The third-order valence-corrected chi connectivity index (χ3v) is 4.61. The molecular weight excluding hydrogens is 373 g/mol. The van der Waals surface area contributed by atoms with E-state index in [1.165, 1.54) is 0 Å². The number of nitrogens with zero attached hydrogens (tertiary/aromatic N) is 2. The molecular formula is C19H17Cl2N3O2. The molecule has 0 unspecified atom stereocenters. The average Bonchev–Trinajstić information content (AvgIpc) is 2.97. The number of ether oxygens (including phenoxy) is 1. The molecule has 3 aromatic rings. The highest BCUT2D eigenvalue weighted by Crippen LogP contribution is 2.23. The molecule has 1 amide bonds. The van der Waals surface area contributed by atoms with Crippen molar-refractivity contribution in [3.63, 3.8) is 0 Å². The van der Waals surface area contributed by atoms with Gasteiger partial charge in [-0.25, -0.2) is 0 Å². The van der Waals surface area contributed by atoms with E-state index in [0.29, 0.717) is 33.7 Å². The Labute approximate surface area is 161 Å². The predicted octanol–water partition coefficient (Wildman–Crippen LogP) is 4.81. The van der Waals surface area contributed by atoms with Crippen molar-refractivity contribution in [3.05, 3.63) is 75.4 Å². The van der Waals surface area contributed by atoms with Crippen molar-refractivity contribution >= 4 is 34.9 Å². The van der Waals surface area contributed by atoms with Gasteiger partial charge in [-0.3, -0.25) is 9.48 Å². The fourth-order valence-electron chi connectivity index (χ4n) is 2.50. The van der Waals surface area contributed by atoms with E-state index in [1.807, 2.05) is 19.1 Å². The van der Waals surface area contributed by atoms with Crippen molar-refractivity contribution in [3.8, 4) is 5.75 Å². The molecule has 0 aliphatic carbocycles. The van der Waals surface area contributed by atoms with Gasteiger partial charge in [0.15, 0.2) is 5.82 Å². The number of carbonyl (C=O) groups is 1. The third kappa shape index (κ3) is 4.18. The maximum atomic E-state index is 12.4. The monoisotopic (exact) mass is 389 g/mol. The van der Waals surface area contributed by atoms with Crippen LogP contribution in [0.15, 0.2) is 48.5 Å². The lowest BCUT2D eigenvalue weighted by molar-refractivity contribution is 0.102. The van der Waals surface area contributed by atoms with E-state index in [1.54, 1.807) is 48.2 Å². The summed E-state index contributed by atoms with van der Waals surface area (Å²) < 4.78 is 6.94. The lowest BCUT2D eigenvalue weighted by atomic mass is 10.2. The van der Waals surface area contributed by atoms with E-state index in [-0.39, 0.29) is 5.91 Å². The summed E-state index contributed by atoms with van der Waals surface area (Å²) in [4.78, 5) is 12.4. The SMILES string of the molecule is COc1cccc(C(=O)Nc2cc(C)n(Cc3ccc(Cl)c(Cl)c3)n2)c1. The Morgan fingerprint density at radius 1 is 1.15 bits per heavy atom. The number of hydrogen-bond donors (Lipinski definition) is 1.